The summed E-state index contributed by atoms with van der Waals surface area (Å²) in [6.07, 6.45) is 5.62. The lowest BCUT2D eigenvalue weighted by Gasteiger charge is -2.22. The average Bonchev–Trinajstić information content (AvgIpc) is 2.57. The van der Waals surface area contributed by atoms with Gasteiger partial charge in [-0.25, -0.2) is 0 Å². The summed E-state index contributed by atoms with van der Waals surface area (Å²) in [6.45, 7) is 11.3. The first-order valence-corrected chi connectivity index (χ1v) is 7.37. The molecule has 1 aliphatic heterocycles. The molecule has 0 spiro atoms. The Morgan fingerprint density at radius 1 is 1.12 bits per heavy atom. The van der Waals surface area contributed by atoms with Crippen LogP contribution < -0.4 is 11.1 Å². The Kier molecular flexibility index (Phi) is 7.82. The Morgan fingerprint density at radius 2 is 1.76 bits per heavy atom. The molecule has 1 atom stereocenters. The second-order valence-corrected chi connectivity index (χ2v) is 5.70. The molecule has 0 aromatic carbocycles. The summed E-state index contributed by atoms with van der Waals surface area (Å²) < 4.78 is 0. The van der Waals surface area contributed by atoms with Crippen LogP contribution in [-0.2, 0) is 0 Å². The van der Waals surface area contributed by atoms with E-state index in [0.717, 1.165) is 19.6 Å². The highest BCUT2D eigenvalue weighted by Gasteiger charge is 2.11. The van der Waals surface area contributed by atoms with Crippen molar-refractivity contribution in [3.8, 4) is 0 Å². The summed E-state index contributed by atoms with van der Waals surface area (Å²) >= 11 is 0. The molecular formula is C14H31N3. The van der Waals surface area contributed by atoms with Crippen molar-refractivity contribution in [1.29, 1.82) is 0 Å². The zero-order valence-electron chi connectivity index (χ0n) is 11.8. The third kappa shape index (κ3) is 6.39. The molecule has 0 amide bonds. The molecule has 1 aliphatic rings. The van der Waals surface area contributed by atoms with Crippen LogP contribution in [0.4, 0.5) is 0 Å². The highest BCUT2D eigenvalue weighted by Crippen LogP contribution is 2.09. The van der Waals surface area contributed by atoms with Crippen LogP contribution >= 0.6 is 0 Å². The fraction of sp³-hybridized carbons (Fsp3) is 1.00. The van der Waals surface area contributed by atoms with E-state index < -0.39 is 0 Å². The third-order valence-corrected chi connectivity index (χ3v) is 3.96. The Labute approximate surface area is 107 Å². The smallest absolute Gasteiger partial charge is 0.0107 e. The van der Waals surface area contributed by atoms with Gasteiger partial charge in [-0.3, -0.25) is 0 Å². The molecule has 3 N–H and O–H groups in total. The standard InChI is InChI=1S/C14H31N3/c1-13(2)14(11-15)12-16-7-10-17-8-5-3-4-6-9-17/h13-14,16H,3-12,15H2,1-2H3. The van der Waals surface area contributed by atoms with Crippen molar-refractivity contribution in [3.05, 3.63) is 0 Å². The van der Waals surface area contributed by atoms with Crippen LogP contribution in [0.25, 0.3) is 0 Å². The van der Waals surface area contributed by atoms with Crippen LogP contribution in [0, 0.1) is 11.8 Å². The largest absolute Gasteiger partial charge is 0.330 e. The topological polar surface area (TPSA) is 41.3 Å². The molecule has 1 unspecified atom stereocenters. The summed E-state index contributed by atoms with van der Waals surface area (Å²) in [5.74, 6) is 1.31. The molecular weight excluding hydrogens is 210 g/mol. The molecule has 1 fully saturated rings. The normalized spacial score (nSPS) is 20.5. The Morgan fingerprint density at radius 3 is 2.29 bits per heavy atom. The number of rotatable bonds is 7. The van der Waals surface area contributed by atoms with Crippen molar-refractivity contribution < 1.29 is 0 Å². The summed E-state index contributed by atoms with van der Waals surface area (Å²) in [7, 11) is 0. The molecule has 0 bridgehead atoms. The molecule has 0 aromatic heterocycles. The SMILES string of the molecule is CC(C)C(CN)CNCCN1CCCCCC1. The predicted molar refractivity (Wildman–Crippen MR) is 75.2 cm³/mol. The van der Waals surface area contributed by atoms with Gasteiger partial charge in [-0.05, 0) is 50.9 Å². The maximum Gasteiger partial charge on any atom is 0.0107 e. The van der Waals surface area contributed by atoms with E-state index in [9.17, 15) is 0 Å². The van der Waals surface area contributed by atoms with Gasteiger partial charge in [0.15, 0.2) is 0 Å². The first-order valence-electron chi connectivity index (χ1n) is 7.37. The van der Waals surface area contributed by atoms with Crippen LogP contribution in [-0.4, -0.2) is 44.2 Å². The second-order valence-electron chi connectivity index (χ2n) is 5.70. The lowest BCUT2D eigenvalue weighted by atomic mass is 9.96. The summed E-state index contributed by atoms with van der Waals surface area (Å²) in [5, 5.41) is 3.56. The molecule has 1 rings (SSSR count). The minimum Gasteiger partial charge on any atom is -0.330 e. The number of nitrogens with zero attached hydrogens (tertiary/aromatic N) is 1. The van der Waals surface area contributed by atoms with Crippen molar-refractivity contribution in [2.75, 3.05) is 39.3 Å². The fourth-order valence-electron chi connectivity index (χ4n) is 2.48. The van der Waals surface area contributed by atoms with Crippen LogP contribution in [0.1, 0.15) is 39.5 Å². The van der Waals surface area contributed by atoms with Crippen LogP contribution in [0.2, 0.25) is 0 Å². The molecule has 102 valence electrons. The fourth-order valence-corrected chi connectivity index (χ4v) is 2.48. The average molecular weight is 241 g/mol. The van der Waals surface area contributed by atoms with Crippen molar-refractivity contribution in [2.24, 2.45) is 17.6 Å². The third-order valence-electron chi connectivity index (χ3n) is 3.96. The van der Waals surface area contributed by atoms with Gasteiger partial charge < -0.3 is 16.0 Å². The summed E-state index contributed by atoms with van der Waals surface area (Å²) in [5.41, 5.74) is 5.77. The first kappa shape index (κ1) is 14.9. The maximum atomic E-state index is 5.77. The first-order chi connectivity index (χ1) is 8.24. The predicted octanol–water partition coefficient (Wildman–Crippen LogP) is 1.68. The van der Waals surface area contributed by atoms with Gasteiger partial charge in [-0.1, -0.05) is 26.7 Å². The van der Waals surface area contributed by atoms with Gasteiger partial charge in [-0.15, -0.1) is 0 Å². The van der Waals surface area contributed by atoms with Crippen molar-refractivity contribution in [2.45, 2.75) is 39.5 Å². The van der Waals surface area contributed by atoms with E-state index in [0.29, 0.717) is 11.8 Å². The van der Waals surface area contributed by atoms with Crippen molar-refractivity contribution in [1.82, 2.24) is 10.2 Å². The van der Waals surface area contributed by atoms with E-state index in [1.807, 2.05) is 0 Å². The zero-order valence-corrected chi connectivity index (χ0v) is 11.8. The molecule has 3 heteroatoms. The molecule has 3 nitrogen and oxygen atoms in total. The van der Waals surface area contributed by atoms with Crippen LogP contribution in [0.15, 0.2) is 0 Å². The highest BCUT2D eigenvalue weighted by molar-refractivity contribution is 4.68. The monoisotopic (exact) mass is 241 g/mol. The number of nitrogens with one attached hydrogen (secondary N) is 1. The van der Waals surface area contributed by atoms with E-state index in [1.165, 1.54) is 45.3 Å². The van der Waals surface area contributed by atoms with E-state index >= 15 is 0 Å². The van der Waals surface area contributed by atoms with E-state index in [1.54, 1.807) is 0 Å². The Bertz CT molecular complexity index is 174. The second kappa shape index (κ2) is 8.90. The zero-order chi connectivity index (χ0) is 12.5. The minimum absolute atomic E-state index is 0.624. The molecule has 0 saturated carbocycles. The van der Waals surface area contributed by atoms with Gasteiger partial charge in [0.2, 0.25) is 0 Å². The van der Waals surface area contributed by atoms with Gasteiger partial charge in [0, 0.05) is 13.1 Å². The molecule has 1 heterocycles. The molecule has 0 aliphatic carbocycles. The minimum atomic E-state index is 0.624. The number of nitrogens with two attached hydrogens (primary N) is 1. The summed E-state index contributed by atoms with van der Waals surface area (Å²) in [4.78, 5) is 2.60. The van der Waals surface area contributed by atoms with E-state index in [-0.39, 0.29) is 0 Å². The molecule has 0 aromatic rings. The van der Waals surface area contributed by atoms with E-state index in [4.69, 9.17) is 5.73 Å². The Hall–Kier alpha value is -0.120. The van der Waals surface area contributed by atoms with Crippen molar-refractivity contribution in [3.63, 3.8) is 0 Å². The van der Waals surface area contributed by atoms with Crippen LogP contribution in [0.5, 0.6) is 0 Å². The van der Waals surface area contributed by atoms with E-state index in [2.05, 4.69) is 24.1 Å². The lowest BCUT2D eigenvalue weighted by Crippen LogP contribution is -2.37. The molecule has 1 saturated heterocycles. The van der Waals surface area contributed by atoms with Crippen molar-refractivity contribution >= 4 is 0 Å². The summed E-state index contributed by atoms with van der Waals surface area (Å²) in [6, 6.07) is 0. The van der Waals surface area contributed by atoms with Gasteiger partial charge in [0.05, 0.1) is 0 Å². The molecule has 17 heavy (non-hydrogen) atoms. The Balaban J connectivity index is 2.06. The maximum absolute atomic E-state index is 5.77. The quantitative estimate of drug-likeness (QED) is 0.666. The highest BCUT2D eigenvalue weighted by atomic mass is 15.1. The number of likely N-dealkylation sites (tertiary alicyclic amines) is 1. The van der Waals surface area contributed by atoms with Crippen LogP contribution in [0.3, 0.4) is 0 Å². The van der Waals surface area contributed by atoms with Gasteiger partial charge in [-0.2, -0.15) is 0 Å². The lowest BCUT2D eigenvalue weighted by molar-refractivity contribution is 0.277. The van der Waals surface area contributed by atoms with Gasteiger partial charge in [0.25, 0.3) is 0 Å². The van der Waals surface area contributed by atoms with Gasteiger partial charge >= 0.3 is 0 Å². The molecule has 0 radical (unpaired) electrons. The number of hydrogen-bond acceptors (Lipinski definition) is 3. The van der Waals surface area contributed by atoms with Gasteiger partial charge in [0.1, 0.15) is 0 Å². The number of hydrogen-bond donors (Lipinski definition) is 2.